The Balaban J connectivity index is 1.82. The van der Waals surface area contributed by atoms with Crippen molar-refractivity contribution in [3.63, 3.8) is 0 Å². The zero-order valence-corrected chi connectivity index (χ0v) is 15.0. The summed E-state index contributed by atoms with van der Waals surface area (Å²) in [6, 6.07) is 7.25. The first-order valence-electron chi connectivity index (χ1n) is 7.47. The number of benzene rings is 1. The smallest absolute Gasteiger partial charge is 0.350 e. The molecule has 0 fully saturated rings. The van der Waals surface area contributed by atoms with Gasteiger partial charge in [0.05, 0.1) is 11.5 Å². The van der Waals surface area contributed by atoms with Gasteiger partial charge in [-0.05, 0) is 50.1 Å². The Labute approximate surface area is 144 Å². The number of thioether (sulfide) groups is 1. The van der Waals surface area contributed by atoms with E-state index in [4.69, 9.17) is 9.47 Å². The predicted molar refractivity (Wildman–Crippen MR) is 96.3 cm³/mol. The molecule has 0 N–H and O–H groups in total. The number of carbonyl (C=O) groups is 1. The fraction of sp³-hybridized carbons (Fsp3) is 0.278. The van der Waals surface area contributed by atoms with Crippen LogP contribution >= 0.6 is 23.1 Å². The molecule has 0 bridgehead atoms. The molecule has 0 saturated heterocycles. The summed E-state index contributed by atoms with van der Waals surface area (Å²) in [5.41, 5.74) is 2.67. The second kappa shape index (κ2) is 6.81. The van der Waals surface area contributed by atoms with E-state index >= 15 is 0 Å². The molecule has 5 heteroatoms. The van der Waals surface area contributed by atoms with Crippen LogP contribution in [0.2, 0.25) is 0 Å². The minimum Gasteiger partial charge on any atom is -0.490 e. The highest BCUT2D eigenvalue weighted by Gasteiger charge is 2.23. The van der Waals surface area contributed by atoms with Crippen molar-refractivity contribution in [2.45, 2.75) is 26.5 Å². The monoisotopic (exact) mass is 346 g/mol. The van der Waals surface area contributed by atoms with Gasteiger partial charge in [0.2, 0.25) is 0 Å². The van der Waals surface area contributed by atoms with E-state index in [2.05, 4.69) is 13.8 Å². The maximum absolute atomic E-state index is 12.5. The lowest BCUT2D eigenvalue weighted by Crippen LogP contribution is -2.12. The number of aryl methyl sites for hydroxylation is 1. The summed E-state index contributed by atoms with van der Waals surface area (Å²) >= 11 is 3.27. The topological polar surface area (TPSA) is 35.5 Å². The number of fused-ring (bicyclic) bond motifs is 1. The maximum Gasteiger partial charge on any atom is 0.350 e. The highest BCUT2D eigenvalue weighted by molar-refractivity contribution is 8.03. The van der Waals surface area contributed by atoms with E-state index in [9.17, 15) is 4.79 Å². The molecule has 1 aliphatic heterocycles. The molecule has 0 aliphatic carbocycles. The first-order valence-corrected chi connectivity index (χ1v) is 9.27. The van der Waals surface area contributed by atoms with Crippen molar-refractivity contribution in [3.05, 3.63) is 50.1 Å². The Kier molecular flexibility index (Phi) is 4.78. The molecule has 2 heterocycles. The third-order valence-electron chi connectivity index (χ3n) is 3.73. The molecule has 3 rings (SSSR count). The Hall–Kier alpha value is -1.72. The van der Waals surface area contributed by atoms with E-state index in [1.807, 2.05) is 25.1 Å². The molecule has 1 aromatic heterocycles. The van der Waals surface area contributed by atoms with Crippen LogP contribution in [0.3, 0.4) is 0 Å². The van der Waals surface area contributed by atoms with Gasteiger partial charge in [0.15, 0.2) is 11.5 Å². The van der Waals surface area contributed by atoms with Gasteiger partial charge in [0.25, 0.3) is 0 Å². The number of ether oxygens (including phenoxy) is 2. The predicted octanol–water partition coefficient (Wildman–Crippen LogP) is 4.96. The first kappa shape index (κ1) is 16.1. The molecule has 0 unspecified atom stereocenters. The van der Waals surface area contributed by atoms with Gasteiger partial charge in [-0.15, -0.1) is 23.1 Å². The second-order valence-electron chi connectivity index (χ2n) is 5.19. The zero-order chi connectivity index (χ0) is 16.4. The van der Waals surface area contributed by atoms with Crippen LogP contribution in [0.5, 0.6) is 11.5 Å². The summed E-state index contributed by atoms with van der Waals surface area (Å²) in [5.74, 6) is 1.55. The number of para-hydroxylation sites is 2. The van der Waals surface area contributed by atoms with Crippen molar-refractivity contribution in [2.24, 2.45) is 0 Å². The Morgan fingerprint density at radius 3 is 2.70 bits per heavy atom. The van der Waals surface area contributed by atoms with Crippen LogP contribution in [0.1, 0.15) is 27.8 Å². The minimum atomic E-state index is -0.323. The molecule has 0 atom stereocenters. The third kappa shape index (κ3) is 3.31. The molecule has 120 valence electrons. The van der Waals surface area contributed by atoms with E-state index < -0.39 is 0 Å². The van der Waals surface area contributed by atoms with Gasteiger partial charge in [-0.25, -0.2) is 4.79 Å². The normalized spacial score (nSPS) is 13.3. The van der Waals surface area contributed by atoms with Crippen molar-refractivity contribution in [3.8, 4) is 11.5 Å². The molecular formula is C18H18O3S2. The van der Waals surface area contributed by atoms with Crippen molar-refractivity contribution in [1.29, 1.82) is 0 Å². The SMILES string of the molecule is CCOc1ccccc1OC(=O)C1=Cc2sc(C)c(C)c2CS1. The summed E-state index contributed by atoms with van der Waals surface area (Å²) in [7, 11) is 0. The van der Waals surface area contributed by atoms with Crippen LogP contribution in [0.25, 0.3) is 6.08 Å². The summed E-state index contributed by atoms with van der Waals surface area (Å²) in [4.78, 5) is 15.6. The minimum absolute atomic E-state index is 0.323. The van der Waals surface area contributed by atoms with Gasteiger partial charge in [-0.1, -0.05) is 12.1 Å². The molecule has 1 aromatic carbocycles. The van der Waals surface area contributed by atoms with Crippen molar-refractivity contribution in [2.75, 3.05) is 6.61 Å². The van der Waals surface area contributed by atoms with Crippen molar-refractivity contribution >= 4 is 35.1 Å². The first-order chi connectivity index (χ1) is 11.1. The molecule has 2 aromatic rings. The number of rotatable bonds is 4. The molecular weight excluding hydrogens is 328 g/mol. The van der Waals surface area contributed by atoms with E-state index in [-0.39, 0.29) is 5.97 Å². The van der Waals surface area contributed by atoms with E-state index in [1.54, 1.807) is 23.5 Å². The van der Waals surface area contributed by atoms with Gasteiger partial charge >= 0.3 is 5.97 Å². The third-order valence-corrected chi connectivity index (χ3v) is 5.95. The highest BCUT2D eigenvalue weighted by Crippen LogP contribution is 2.40. The molecule has 0 spiro atoms. The van der Waals surface area contributed by atoms with Gasteiger partial charge in [0.1, 0.15) is 0 Å². The van der Waals surface area contributed by atoms with Crippen LogP contribution in [0.15, 0.2) is 29.2 Å². The summed E-state index contributed by atoms with van der Waals surface area (Å²) < 4.78 is 11.0. The molecule has 0 saturated carbocycles. The van der Waals surface area contributed by atoms with E-state index in [1.165, 1.54) is 32.6 Å². The van der Waals surface area contributed by atoms with E-state index in [0.717, 1.165) is 5.75 Å². The highest BCUT2D eigenvalue weighted by atomic mass is 32.2. The number of esters is 1. The average molecular weight is 346 g/mol. The maximum atomic E-state index is 12.5. The van der Waals surface area contributed by atoms with Gasteiger partial charge in [-0.3, -0.25) is 0 Å². The Bertz CT molecular complexity index is 775. The van der Waals surface area contributed by atoms with Crippen LogP contribution in [0.4, 0.5) is 0 Å². The molecule has 0 amide bonds. The number of carbonyl (C=O) groups excluding carboxylic acids is 1. The zero-order valence-electron chi connectivity index (χ0n) is 13.3. The van der Waals surface area contributed by atoms with E-state index in [0.29, 0.717) is 23.0 Å². The second-order valence-corrected chi connectivity index (χ2v) is 7.47. The molecule has 0 radical (unpaired) electrons. The van der Waals surface area contributed by atoms with Crippen LogP contribution in [-0.4, -0.2) is 12.6 Å². The van der Waals surface area contributed by atoms with Gasteiger partial charge < -0.3 is 9.47 Å². The summed E-state index contributed by atoms with van der Waals surface area (Å²) in [5, 5.41) is 0. The van der Waals surface area contributed by atoms with Crippen LogP contribution in [-0.2, 0) is 10.5 Å². The van der Waals surface area contributed by atoms with Gasteiger partial charge in [0, 0.05) is 15.5 Å². The molecule has 3 nitrogen and oxygen atoms in total. The Morgan fingerprint density at radius 1 is 1.22 bits per heavy atom. The van der Waals surface area contributed by atoms with Gasteiger partial charge in [-0.2, -0.15) is 0 Å². The van der Waals surface area contributed by atoms with Crippen molar-refractivity contribution < 1.29 is 14.3 Å². The van der Waals surface area contributed by atoms with Crippen LogP contribution < -0.4 is 9.47 Å². The average Bonchev–Trinajstić information content (AvgIpc) is 2.83. The van der Waals surface area contributed by atoms with Crippen molar-refractivity contribution in [1.82, 2.24) is 0 Å². The number of thiophene rings is 1. The number of hydrogen-bond acceptors (Lipinski definition) is 5. The fourth-order valence-electron chi connectivity index (χ4n) is 2.38. The lowest BCUT2D eigenvalue weighted by atomic mass is 10.1. The fourth-order valence-corrected chi connectivity index (χ4v) is 4.71. The lowest BCUT2D eigenvalue weighted by Gasteiger charge is -2.14. The Morgan fingerprint density at radius 2 is 1.96 bits per heavy atom. The largest absolute Gasteiger partial charge is 0.490 e. The lowest BCUT2D eigenvalue weighted by molar-refractivity contribution is -0.129. The summed E-state index contributed by atoms with van der Waals surface area (Å²) in [6.07, 6.45) is 1.94. The summed E-state index contributed by atoms with van der Waals surface area (Å²) in [6.45, 7) is 6.69. The standard InChI is InChI=1S/C18H18O3S2/c1-4-20-14-7-5-6-8-15(14)21-18(19)17-9-16-13(10-22-17)11(2)12(3)23-16/h5-9H,4,10H2,1-3H3. The van der Waals surface area contributed by atoms with Crippen LogP contribution in [0, 0.1) is 13.8 Å². The quantitative estimate of drug-likeness (QED) is 0.579. The molecule has 1 aliphatic rings. The number of hydrogen-bond donors (Lipinski definition) is 0. The molecule has 23 heavy (non-hydrogen) atoms.